The number of alkyl halides is 3. The zero-order valence-corrected chi connectivity index (χ0v) is 16.2. The van der Waals surface area contributed by atoms with E-state index >= 15 is 0 Å². The van der Waals surface area contributed by atoms with Gasteiger partial charge in [-0.25, -0.2) is 4.98 Å². The van der Waals surface area contributed by atoms with Crippen LogP contribution in [0.4, 0.5) is 19.0 Å². The van der Waals surface area contributed by atoms with Crippen molar-refractivity contribution < 1.29 is 22.7 Å². The average molecular weight is 418 g/mol. The summed E-state index contributed by atoms with van der Waals surface area (Å²) >= 11 is 1.47. The molecule has 8 heteroatoms. The van der Waals surface area contributed by atoms with Gasteiger partial charge in [0, 0.05) is 16.0 Å². The molecule has 0 spiro atoms. The van der Waals surface area contributed by atoms with Gasteiger partial charge in [-0.2, -0.15) is 13.2 Å². The summed E-state index contributed by atoms with van der Waals surface area (Å²) in [5.74, 6) is 0.447. The minimum Gasteiger partial charge on any atom is -0.497 e. The number of methoxy groups -OCH3 is 1. The van der Waals surface area contributed by atoms with E-state index in [1.54, 1.807) is 25.4 Å². The molecule has 29 heavy (non-hydrogen) atoms. The van der Waals surface area contributed by atoms with Crippen LogP contribution in [0.5, 0.6) is 5.75 Å². The summed E-state index contributed by atoms with van der Waals surface area (Å²) < 4.78 is 44.3. The minimum atomic E-state index is -4.51. The van der Waals surface area contributed by atoms with Gasteiger partial charge in [0.05, 0.1) is 19.1 Å². The zero-order chi connectivity index (χ0) is 20.9. The summed E-state index contributed by atoms with van der Waals surface area (Å²) in [6.45, 7) is 0. The molecule has 0 atom stereocenters. The lowest BCUT2D eigenvalue weighted by molar-refractivity contribution is -0.138. The van der Waals surface area contributed by atoms with Crippen molar-refractivity contribution in [3.8, 4) is 5.75 Å². The third-order valence-electron chi connectivity index (χ3n) is 3.95. The van der Waals surface area contributed by atoms with Gasteiger partial charge in [-0.05, 0) is 42.0 Å². The van der Waals surface area contributed by atoms with Crippen molar-refractivity contribution in [2.75, 3.05) is 12.4 Å². The third-order valence-corrected chi connectivity index (χ3v) is 4.92. The van der Waals surface area contributed by atoms with Crippen LogP contribution in [0.1, 0.15) is 11.1 Å². The van der Waals surface area contributed by atoms with Gasteiger partial charge in [0.2, 0.25) is 5.91 Å². The van der Waals surface area contributed by atoms with Crippen molar-refractivity contribution in [2.24, 2.45) is 0 Å². The molecule has 0 aliphatic carbocycles. The molecule has 0 unspecified atom stereocenters. The number of amides is 1. The maximum atomic E-state index is 13.0. The molecule has 1 aromatic heterocycles. The Morgan fingerprint density at radius 1 is 1.07 bits per heavy atom. The number of carbonyl (C=O) groups is 1. The van der Waals surface area contributed by atoms with Crippen LogP contribution in [0.25, 0.3) is 0 Å². The number of carbonyl (C=O) groups excluding carboxylic acids is 1. The molecular formula is C21H17F3N2O2S. The predicted octanol–water partition coefficient (Wildman–Crippen LogP) is 5.44. The first-order valence-electron chi connectivity index (χ1n) is 8.58. The molecular weight excluding hydrogens is 401 g/mol. The molecule has 1 N–H and O–H groups in total. The Labute approximate surface area is 170 Å². The molecule has 150 valence electrons. The van der Waals surface area contributed by atoms with Crippen molar-refractivity contribution in [1.29, 1.82) is 0 Å². The van der Waals surface area contributed by atoms with Gasteiger partial charge in [-0.1, -0.05) is 36.0 Å². The lowest BCUT2D eigenvalue weighted by atomic mass is 10.0. The second-order valence-electron chi connectivity index (χ2n) is 6.04. The number of nitrogens with one attached hydrogen (secondary N) is 1. The van der Waals surface area contributed by atoms with Gasteiger partial charge < -0.3 is 10.1 Å². The molecule has 0 saturated carbocycles. The Balaban J connectivity index is 1.63. The van der Waals surface area contributed by atoms with E-state index in [1.165, 1.54) is 30.0 Å². The molecule has 1 amide bonds. The van der Waals surface area contributed by atoms with Gasteiger partial charge in [0.15, 0.2) is 0 Å². The Hall–Kier alpha value is -3.00. The number of hydrogen-bond donors (Lipinski definition) is 1. The van der Waals surface area contributed by atoms with Gasteiger partial charge in [-0.15, -0.1) is 0 Å². The highest BCUT2D eigenvalue weighted by molar-refractivity contribution is 7.99. The molecule has 0 aliphatic heterocycles. The smallest absolute Gasteiger partial charge is 0.416 e. The second kappa shape index (κ2) is 9.00. The van der Waals surface area contributed by atoms with Gasteiger partial charge in [-0.3, -0.25) is 4.79 Å². The quantitative estimate of drug-likeness (QED) is 0.579. The largest absolute Gasteiger partial charge is 0.497 e. The highest BCUT2D eigenvalue weighted by Gasteiger charge is 2.33. The van der Waals surface area contributed by atoms with Crippen molar-refractivity contribution >= 4 is 23.5 Å². The van der Waals surface area contributed by atoms with E-state index in [0.717, 1.165) is 21.6 Å². The predicted molar refractivity (Wildman–Crippen MR) is 105 cm³/mol. The number of halogens is 3. The second-order valence-corrected chi connectivity index (χ2v) is 7.19. The molecule has 1 heterocycles. The average Bonchev–Trinajstić information content (AvgIpc) is 2.69. The Bertz CT molecular complexity index is 992. The summed E-state index contributed by atoms with van der Waals surface area (Å²) in [5, 5.41) is 2.53. The first-order chi connectivity index (χ1) is 13.8. The van der Waals surface area contributed by atoms with Crippen LogP contribution in [0.2, 0.25) is 0 Å². The summed E-state index contributed by atoms with van der Waals surface area (Å²) in [6.07, 6.45) is -3.31. The van der Waals surface area contributed by atoms with Crippen LogP contribution in [-0.2, 0) is 17.4 Å². The number of rotatable bonds is 6. The topological polar surface area (TPSA) is 51.2 Å². The van der Waals surface area contributed by atoms with Crippen molar-refractivity contribution in [3.63, 3.8) is 0 Å². The van der Waals surface area contributed by atoms with E-state index in [4.69, 9.17) is 4.74 Å². The molecule has 0 bridgehead atoms. The van der Waals surface area contributed by atoms with Gasteiger partial charge >= 0.3 is 6.18 Å². The van der Waals surface area contributed by atoms with Crippen LogP contribution in [0, 0.1) is 0 Å². The van der Waals surface area contributed by atoms with Crippen molar-refractivity contribution in [3.05, 3.63) is 78.0 Å². The molecule has 0 fully saturated rings. The van der Waals surface area contributed by atoms with E-state index < -0.39 is 24.1 Å². The molecule has 4 nitrogen and oxygen atoms in total. The van der Waals surface area contributed by atoms with E-state index in [9.17, 15) is 18.0 Å². The van der Waals surface area contributed by atoms with Gasteiger partial charge in [0.1, 0.15) is 11.6 Å². The van der Waals surface area contributed by atoms with Gasteiger partial charge in [0.25, 0.3) is 0 Å². The SMILES string of the molecule is COc1cccc(Sc2ccc(NC(=O)Cc3ccccc3C(F)(F)F)nc2)c1. The molecule has 0 radical (unpaired) electrons. The first-order valence-corrected chi connectivity index (χ1v) is 9.40. The van der Waals surface area contributed by atoms with E-state index in [2.05, 4.69) is 10.3 Å². The van der Waals surface area contributed by atoms with E-state index in [0.29, 0.717) is 0 Å². The number of anilines is 1. The van der Waals surface area contributed by atoms with Crippen LogP contribution in [-0.4, -0.2) is 18.0 Å². The highest BCUT2D eigenvalue weighted by atomic mass is 32.2. The standard InChI is InChI=1S/C21H17F3N2O2S/c1-28-15-6-4-7-16(12-15)29-17-9-10-19(25-13-17)26-20(27)11-14-5-2-3-8-18(14)21(22,23)24/h2-10,12-13H,11H2,1H3,(H,25,26,27). The number of pyridine rings is 1. The van der Waals surface area contributed by atoms with Crippen LogP contribution in [0.15, 0.2) is 76.7 Å². The Kier molecular flexibility index (Phi) is 6.43. The van der Waals surface area contributed by atoms with Crippen molar-refractivity contribution in [1.82, 2.24) is 4.98 Å². The number of aromatic nitrogens is 1. The van der Waals surface area contributed by atoms with Crippen LogP contribution >= 0.6 is 11.8 Å². The van der Waals surface area contributed by atoms with E-state index in [-0.39, 0.29) is 11.4 Å². The normalized spacial score (nSPS) is 11.2. The fourth-order valence-corrected chi connectivity index (χ4v) is 3.46. The summed E-state index contributed by atoms with van der Waals surface area (Å²) in [4.78, 5) is 18.1. The van der Waals surface area contributed by atoms with Crippen LogP contribution < -0.4 is 10.1 Å². The maximum absolute atomic E-state index is 13.0. The number of ether oxygens (including phenoxy) is 1. The molecule has 2 aromatic carbocycles. The highest BCUT2D eigenvalue weighted by Crippen LogP contribution is 2.32. The van der Waals surface area contributed by atoms with Crippen molar-refractivity contribution in [2.45, 2.75) is 22.4 Å². The number of hydrogen-bond acceptors (Lipinski definition) is 4. The Morgan fingerprint density at radius 3 is 2.55 bits per heavy atom. The fourth-order valence-electron chi connectivity index (χ4n) is 2.63. The Morgan fingerprint density at radius 2 is 1.86 bits per heavy atom. The summed E-state index contributed by atoms with van der Waals surface area (Å²) in [5.41, 5.74) is -0.893. The fraction of sp³-hybridized carbons (Fsp3) is 0.143. The molecule has 0 aliphatic rings. The minimum absolute atomic E-state index is 0.0808. The summed E-state index contributed by atoms with van der Waals surface area (Å²) in [6, 6.07) is 16.0. The third kappa shape index (κ3) is 5.74. The molecule has 0 saturated heterocycles. The lowest BCUT2D eigenvalue weighted by Gasteiger charge is -2.12. The number of benzene rings is 2. The number of nitrogens with zero attached hydrogens (tertiary/aromatic N) is 1. The monoisotopic (exact) mass is 418 g/mol. The molecule has 3 aromatic rings. The lowest BCUT2D eigenvalue weighted by Crippen LogP contribution is -2.18. The summed E-state index contributed by atoms with van der Waals surface area (Å²) in [7, 11) is 1.59. The zero-order valence-electron chi connectivity index (χ0n) is 15.4. The first kappa shape index (κ1) is 20.7. The van der Waals surface area contributed by atoms with Crippen LogP contribution in [0.3, 0.4) is 0 Å². The molecule has 3 rings (SSSR count). The maximum Gasteiger partial charge on any atom is 0.416 e. The van der Waals surface area contributed by atoms with E-state index in [1.807, 2.05) is 24.3 Å².